The van der Waals surface area contributed by atoms with Crippen molar-refractivity contribution in [3.63, 3.8) is 0 Å². The molecule has 0 amide bonds. The zero-order chi connectivity index (χ0) is 11.4. The van der Waals surface area contributed by atoms with Crippen LogP contribution in [-0.2, 0) is 11.4 Å². The van der Waals surface area contributed by atoms with Gasteiger partial charge >= 0.3 is 0 Å². The van der Waals surface area contributed by atoms with E-state index in [-0.39, 0.29) is 0 Å². The molecule has 16 heavy (non-hydrogen) atoms. The molecule has 1 N–H and O–H groups in total. The molecular weight excluding hydrogens is 336 g/mol. The number of rotatable bonds is 4. The maximum Gasteiger partial charge on any atom is 0.0790 e. The minimum absolute atomic E-state index is 0.384. The van der Waals surface area contributed by atoms with Gasteiger partial charge in [0.05, 0.1) is 18.3 Å². The summed E-state index contributed by atoms with van der Waals surface area (Å²) in [5, 5.41) is 0. The molecule has 1 aromatic rings. The first-order valence-corrected chi connectivity index (χ1v) is 7.03. The number of pyridine rings is 1. The maximum absolute atomic E-state index is 5.57. The first kappa shape index (κ1) is 12.5. The highest BCUT2D eigenvalue weighted by molar-refractivity contribution is 9.11. The third kappa shape index (κ3) is 3.52. The molecule has 0 bridgehead atoms. The van der Waals surface area contributed by atoms with E-state index in [0.29, 0.717) is 12.6 Å². The normalized spacial score (nSPS) is 16.9. The van der Waals surface area contributed by atoms with E-state index >= 15 is 0 Å². The lowest BCUT2D eigenvalue weighted by molar-refractivity contribution is -0.0249. The zero-order valence-corrected chi connectivity index (χ0v) is 12.1. The molecule has 2 rings (SSSR count). The molecular formula is C11H14Br2N2O. The van der Waals surface area contributed by atoms with Gasteiger partial charge < -0.3 is 0 Å². The molecule has 3 nitrogen and oxygen atoms in total. The molecule has 0 atom stereocenters. The van der Waals surface area contributed by atoms with Crippen LogP contribution in [0.25, 0.3) is 0 Å². The molecule has 1 saturated carbocycles. The molecule has 0 radical (unpaired) electrons. The fourth-order valence-corrected chi connectivity index (χ4v) is 2.93. The van der Waals surface area contributed by atoms with Crippen molar-refractivity contribution in [2.75, 3.05) is 0 Å². The zero-order valence-electron chi connectivity index (χ0n) is 8.88. The third-order valence-corrected chi connectivity index (χ3v) is 3.80. The standard InChI is InChI=1S/C11H14Br2N2O/c12-8-5-10(13)11(14-6-8)7-15-16-9-3-1-2-4-9/h5-6,9,15H,1-4,7H2. The van der Waals surface area contributed by atoms with Crippen molar-refractivity contribution in [1.82, 2.24) is 10.5 Å². The van der Waals surface area contributed by atoms with Crippen LogP contribution >= 0.6 is 31.9 Å². The van der Waals surface area contributed by atoms with Crippen molar-refractivity contribution in [1.29, 1.82) is 0 Å². The Balaban J connectivity index is 1.80. The molecule has 5 heteroatoms. The predicted molar refractivity (Wildman–Crippen MR) is 69.8 cm³/mol. The number of nitrogens with one attached hydrogen (secondary N) is 1. The van der Waals surface area contributed by atoms with Crippen LogP contribution in [0, 0.1) is 0 Å². The van der Waals surface area contributed by atoms with Gasteiger partial charge in [0, 0.05) is 15.1 Å². The first-order chi connectivity index (χ1) is 7.75. The lowest BCUT2D eigenvalue weighted by Gasteiger charge is -2.11. The second kappa shape index (κ2) is 6.10. The Labute approximate surface area is 112 Å². The van der Waals surface area contributed by atoms with Crippen LogP contribution in [0.3, 0.4) is 0 Å². The Bertz CT molecular complexity index is 354. The van der Waals surface area contributed by atoms with E-state index in [2.05, 4.69) is 42.3 Å². The number of aromatic nitrogens is 1. The first-order valence-electron chi connectivity index (χ1n) is 5.44. The van der Waals surface area contributed by atoms with Gasteiger partial charge in [-0.3, -0.25) is 9.82 Å². The molecule has 0 saturated heterocycles. The number of hydrogen-bond acceptors (Lipinski definition) is 3. The average molecular weight is 350 g/mol. The van der Waals surface area contributed by atoms with Gasteiger partial charge in [-0.25, -0.2) is 0 Å². The summed E-state index contributed by atoms with van der Waals surface area (Å²) in [4.78, 5) is 9.88. The molecule has 1 aliphatic carbocycles. The molecule has 0 spiro atoms. The topological polar surface area (TPSA) is 34.2 Å². The van der Waals surface area contributed by atoms with Gasteiger partial charge in [0.2, 0.25) is 0 Å². The highest BCUT2D eigenvalue weighted by atomic mass is 79.9. The largest absolute Gasteiger partial charge is 0.298 e. The number of halogens is 2. The number of hydroxylamine groups is 1. The Morgan fingerprint density at radius 1 is 1.38 bits per heavy atom. The molecule has 0 unspecified atom stereocenters. The van der Waals surface area contributed by atoms with Crippen molar-refractivity contribution in [2.45, 2.75) is 38.3 Å². The Kier molecular flexibility index (Phi) is 4.76. The second-order valence-electron chi connectivity index (χ2n) is 3.93. The van der Waals surface area contributed by atoms with Crippen LogP contribution in [0.15, 0.2) is 21.2 Å². The van der Waals surface area contributed by atoms with Gasteiger partial charge in [0.25, 0.3) is 0 Å². The van der Waals surface area contributed by atoms with E-state index in [9.17, 15) is 0 Å². The van der Waals surface area contributed by atoms with Gasteiger partial charge in [-0.15, -0.1) is 0 Å². The van der Waals surface area contributed by atoms with E-state index in [4.69, 9.17) is 4.84 Å². The van der Waals surface area contributed by atoms with E-state index in [1.54, 1.807) is 6.20 Å². The summed E-state index contributed by atoms with van der Waals surface area (Å²) in [6, 6.07) is 1.99. The summed E-state index contributed by atoms with van der Waals surface area (Å²) in [5.41, 5.74) is 3.96. The van der Waals surface area contributed by atoms with Crippen LogP contribution in [-0.4, -0.2) is 11.1 Å². The Morgan fingerprint density at radius 2 is 2.12 bits per heavy atom. The molecule has 1 aliphatic rings. The summed E-state index contributed by atoms with van der Waals surface area (Å²) >= 11 is 6.85. The highest BCUT2D eigenvalue weighted by Gasteiger charge is 2.15. The predicted octanol–water partition coefficient (Wildman–Crippen LogP) is 3.57. The van der Waals surface area contributed by atoms with Crippen molar-refractivity contribution in [2.24, 2.45) is 0 Å². The van der Waals surface area contributed by atoms with Crippen LogP contribution < -0.4 is 5.48 Å². The van der Waals surface area contributed by atoms with Gasteiger partial charge in [-0.05, 0) is 50.8 Å². The maximum atomic E-state index is 5.57. The van der Waals surface area contributed by atoms with Gasteiger partial charge in [0.15, 0.2) is 0 Å². The monoisotopic (exact) mass is 348 g/mol. The number of hydrogen-bond donors (Lipinski definition) is 1. The smallest absolute Gasteiger partial charge is 0.0790 e. The van der Waals surface area contributed by atoms with Crippen molar-refractivity contribution >= 4 is 31.9 Å². The SMILES string of the molecule is Brc1cnc(CNOC2CCCC2)c(Br)c1. The van der Waals surface area contributed by atoms with E-state index in [0.717, 1.165) is 14.6 Å². The van der Waals surface area contributed by atoms with Crippen molar-refractivity contribution < 1.29 is 4.84 Å². The summed E-state index contributed by atoms with van der Waals surface area (Å²) in [7, 11) is 0. The van der Waals surface area contributed by atoms with Crippen LogP contribution in [0.4, 0.5) is 0 Å². The fraction of sp³-hybridized carbons (Fsp3) is 0.545. The quantitative estimate of drug-likeness (QED) is 0.844. The summed E-state index contributed by atoms with van der Waals surface area (Å²) in [6.07, 6.45) is 7.08. The molecule has 0 aliphatic heterocycles. The number of nitrogens with zero attached hydrogens (tertiary/aromatic N) is 1. The molecule has 1 aromatic heterocycles. The lowest BCUT2D eigenvalue weighted by atomic mass is 10.3. The minimum Gasteiger partial charge on any atom is -0.298 e. The van der Waals surface area contributed by atoms with Gasteiger partial charge in [-0.1, -0.05) is 12.8 Å². The van der Waals surface area contributed by atoms with Gasteiger partial charge in [0.1, 0.15) is 0 Å². The highest BCUT2D eigenvalue weighted by Crippen LogP contribution is 2.21. The lowest BCUT2D eigenvalue weighted by Crippen LogP contribution is -2.21. The molecule has 1 heterocycles. The summed E-state index contributed by atoms with van der Waals surface area (Å²) in [6.45, 7) is 0.629. The van der Waals surface area contributed by atoms with Crippen LogP contribution in [0.5, 0.6) is 0 Å². The van der Waals surface area contributed by atoms with E-state index in [1.807, 2.05) is 6.07 Å². The van der Waals surface area contributed by atoms with Crippen molar-refractivity contribution in [3.8, 4) is 0 Å². The van der Waals surface area contributed by atoms with Crippen molar-refractivity contribution in [3.05, 3.63) is 26.9 Å². The van der Waals surface area contributed by atoms with Gasteiger partial charge in [-0.2, -0.15) is 5.48 Å². The van der Waals surface area contributed by atoms with E-state index < -0.39 is 0 Å². The summed E-state index contributed by atoms with van der Waals surface area (Å²) < 4.78 is 1.96. The average Bonchev–Trinajstić information content (AvgIpc) is 2.74. The second-order valence-corrected chi connectivity index (χ2v) is 5.70. The minimum atomic E-state index is 0.384. The van der Waals surface area contributed by atoms with E-state index in [1.165, 1.54) is 25.7 Å². The molecule has 1 fully saturated rings. The Hall–Kier alpha value is 0.0300. The summed E-state index contributed by atoms with van der Waals surface area (Å²) in [5.74, 6) is 0. The molecule has 88 valence electrons. The Morgan fingerprint density at radius 3 is 2.81 bits per heavy atom. The van der Waals surface area contributed by atoms with Crippen LogP contribution in [0.1, 0.15) is 31.4 Å². The molecule has 0 aromatic carbocycles. The van der Waals surface area contributed by atoms with Crippen LogP contribution in [0.2, 0.25) is 0 Å². The third-order valence-electron chi connectivity index (χ3n) is 2.68. The fourth-order valence-electron chi connectivity index (χ4n) is 1.81.